The van der Waals surface area contributed by atoms with E-state index in [0.29, 0.717) is 18.1 Å². The lowest BCUT2D eigenvalue weighted by Crippen LogP contribution is -2.30. The second kappa shape index (κ2) is 5.22. The van der Waals surface area contributed by atoms with Gasteiger partial charge in [-0.25, -0.2) is 4.98 Å². The van der Waals surface area contributed by atoms with E-state index < -0.39 is 6.10 Å². The van der Waals surface area contributed by atoms with Crippen molar-refractivity contribution in [3.8, 4) is 5.75 Å². The molecule has 102 valence electrons. The molecule has 0 saturated heterocycles. The van der Waals surface area contributed by atoms with E-state index in [1.807, 2.05) is 24.3 Å². The number of nitrogens with two attached hydrogens (primary N) is 1. The van der Waals surface area contributed by atoms with Crippen LogP contribution in [-0.2, 0) is 11.3 Å². The van der Waals surface area contributed by atoms with Gasteiger partial charge >= 0.3 is 0 Å². The van der Waals surface area contributed by atoms with Crippen molar-refractivity contribution in [2.45, 2.75) is 12.6 Å². The van der Waals surface area contributed by atoms with E-state index >= 15 is 0 Å². The highest BCUT2D eigenvalue weighted by Crippen LogP contribution is 2.35. The number of fused-ring (bicyclic) bond motifs is 1. The van der Waals surface area contributed by atoms with Crippen LogP contribution in [0.15, 0.2) is 41.0 Å². The average molecular weight is 334 g/mol. The number of ether oxygens (including phenoxy) is 1. The lowest BCUT2D eigenvalue weighted by Gasteiger charge is -2.25. The Kier molecular flexibility index (Phi) is 3.42. The van der Waals surface area contributed by atoms with Gasteiger partial charge < -0.3 is 15.8 Å². The SMILES string of the molecule is NCc1cccc(C2Oc3cc(Br)cnc3NC2=O)c1. The summed E-state index contributed by atoms with van der Waals surface area (Å²) in [6, 6.07) is 9.28. The Morgan fingerprint density at radius 1 is 1.40 bits per heavy atom. The minimum Gasteiger partial charge on any atom is -0.472 e. The molecule has 0 fully saturated rings. The molecular weight excluding hydrogens is 322 g/mol. The number of nitrogens with zero attached hydrogens (tertiary/aromatic N) is 1. The van der Waals surface area contributed by atoms with E-state index in [1.54, 1.807) is 12.3 Å². The fourth-order valence-electron chi connectivity index (χ4n) is 2.07. The maximum Gasteiger partial charge on any atom is 0.271 e. The molecule has 1 aromatic carbocycles. The van der Waals surface area contributed by atoms with Crippen molar-refractivity contribution in [2.75, 3.05) is 5.32 Å². The van der Waals surface area contributed by atoms with Crippen molar-refractivity contribution >= 4 is 27.7 Å². The fourth-order valence-corrected chi connectivity index (χ4v) is 2.38. The van der Waals surface area contributed by atoms with Crippen LogP contribution >= 0.6 is 15.9 Å². The van der Waals surface area contributed by atoms with Crippen LogP contribution in [0.5, 0.6) is 5.75 Å². The molecule has 6 heteroatoms. The van der Waals surface area contributed by atoms with Gasteiger partial charge in [-0.05, 0) is 27.6 Å². The number of carbonyl (C=O) groups excluding carboxylic acids is 1. The number of aromatic nitrogens is 1. The number of hydrogen-bond donors (Lipinski definition) is 2. The van der Waals surface area contributed by atoms with E-state index in [4.69, 9.17) is 10.5 Å². The van der Waals surface area contributed by atoms with Crippen LogP contribution in [0.1, 0.15) is 17.2 Å². The highest BCUT2D eigenvalue weighted by Gasteiger charge is 2.30. The van der Waals surface area contributed by atoms with Crippen LogP contribution in [-0.4, -0.2) is 10.9 Å². The van der Waals surface area contributed by atoms with Gasteiger partial charge in [-0.15, -0.1) is 0 Å². The molecule has 3 N–H and O–H groups in total. The molecule has 5 nitrogen and oxygen atoms in total. The number of benzene rings is 1. The zero-order valence-electron chi connectivity index (χ0n) is 10.5. The largest absolute Gasteiger partial charge is 0.472 e. The van der Waals surface area contributed by atoms with Crippen LogP contribution in [0.3, 0.4) is 0 Å². The van der Waals surface area contributed by atoms with Crippen LogP contribution in [0, 0.1) is 0 Å². The topological polar surface area (TPSA) is 77.2 Å². The standard InChI is InChI=1S/C14H12BrN3O2/c15-10-5-11-13(17-7-10)18-14(19)12(20-11)9-3-1-2-8(4-9)6-16/h1-5,7,12H,6,16H2,(H,17,18,19). The molecule has 1 amide bonds. The summed E-state index contributed by atoms with van der Waals surface area (Å²) in [7, 11) is 0. The van der Waals surface area contributed by atoms with Gasteiger partial charge in [-0.1, -0.05) is 24.3 Å². The summed E-state index contributed by atoms with van der Waals surface area (Å²) in [5.74, 6) is 0.744. The quantitative estimate of drug-likeness (QED) is 0.884. The number of amides is 1. The van der Waals surface area contributed by atoms with Gasteiger partial charge in [0, 0.05) is 22.8 Å². The highest BCUT2D eigenvalue weighted by molar-refractivity contribution is 9.10. The number of pyridine rings is 1. The van der Waals surface area contributed by atoms with Crippen molar-refractivity contribution < 1.29 is 9.53 Å². The zero-order chi connectivity index (χ0) is 14.1. The van der Waals surface area contributed by atoms with Gasteiger partial charge in [0.05, 0.1) is 0 Å². The number of nitrogens with one attached hydrogen (secondary N) is 1. The lowest BCUT2D eigenvalue weighted by atomic mass is 10.0. The summed E-state index contributed by atoms with van der Waals surface area (Å²) in [4.78, 5) is 16.2. The van der Waals surface area contributed by atoms with Gasteiger partial charge in [0.25, 0.3) is 5.91 Å². The lowest BCUT2D eigenvalue weighted by molar-refractivity contribution is -0.123. The molecule has 0 aliphatic carbocycles. The Labute approximate surface area is 124 Å². The van der Waals surface area contributed by atoms with Crippen LogP contribution in [0.25, 0.3) is 0 Å². The molecule has 3 rings (SSSR count). The summed E-state index contributed by atoms with van der Waals surface area (Å²) < 4.78 is 6.56. The van der Waals surface area contributed by atoms with Crippen LogP contribution in [0.4, 0.5) is 5.82 Å². The minimum atomic E-state index is -0.690. The summed E-state index contributed by atoms with van der Waals surface area (Å²) in [5.41, 5.74) is 7.35. The van der Waals surface area contributed by atoms with E-state index in [9.17, 15) is 4.79 Å². The Bertz CT molecular complexity index is 675. The molecule has 1 aliphatic heterocycles. The van der Waals surface area contributed by atoms with Crippen molar-refractivity contribution in [1.82, 2.24) is 4.98 Å². The first kappa shape index (κ1) is 13.1. The van der Waals surface area contributed by atoms with Gasteiger partial charge in [0.1, 0.15) is 0 Å². The van der Waals surface area contributed by atoms with Crippen molar-refractivity contribution in [3.63, 3.8) is 0 Å². The molecule has 1 atom stereocenters. The fraction of sp³-hybridized carbons (Fsp3) is 0.143. The average Bonchev–Trinajstić information content (AvgIpc) is 2.47. The van der Waals surface area contributed by atoms with Crippen LogP contribution in [0.2, 0.25) is 0 Å². The smallest absolute Gasteiger partial charge is 0.271 e. The van der Waals surface area contributed by atoms with Crippen LogP contribution < -0.4 is 15.8 Å². The minimum absolute atomic E-state index is 0.235. The van der Waals surface area contributed by atoms with Crippen molar-refractivity contribution in [1.29, 1.82) is 0 Å². The third-order valence-corrected chi connectivity index (χ3v) is 3.47. The van der Waals surface area contributed by atoms with Gasteiger partial charge in [-0.2, -0.15) is 0 Å². The molecule has 0 bridgehead atoms. The first-order valence-corrected chi connectivity index (χ1v) is 6.88. The maximum absolute atomic E-state index is 12.1. The second-order valence-electron chi connectivity index (χ2n) is 4.44. The van der Waals surface area contributed by atoms with Gasteiger partial charge in [0.15, 0.2) is 11.6 Å². The number of carbonyl (C=O) groups is 1. The Morgan fingerprint density at radius 2 is 2.25 bits per heavy atom. The molecule has 20 heavy (non-hydrogen) atoms. The molecule has 2 aromatic rings. The molecule has 0 radical (unpaired) electrons. The molecule has 1 aromatic heterocycles. The maximum atomic E-state index is 12.1. The predicted octanol–water partition coefficient (Wildman–Crippen LogP) is 2.38. The molecule has 1 unspecified atom stereocenters. The zero-order valence-corrected chi connectivity index (χ0v) is 12.1. The molecule has 0 saturated carbocycles. The number of halogens is 1. The van der Waals surface area contributed by atoms with Crippen molar-refractivity contribution in [3.05, 3.63) is 52.1 Å². The van der Waals surface area contributed by atoms with Gasteiger partial charge in [0.2, 0.25) is 6.10 Å². The third kappa shape index (κ3) is 2.39. The first-order chi connectivity index (χ1) is 9.67. The number of rotatable bonds is 2. The second-order valence-corrected chi connectivity index (χ2v) is 5.35. The van der Waals surface area contributed by atoms with Gasteiger partial charge in [-0.3, -0.25) is 4.79 Å². The summed E-state index contributed by atoms with van der Waals surface area (Å²) >= 11 is 3.33. The molecular formula is C14H12BrN3O2. The number of anilines is 1. The highest BCUT2D eigenvalue weighted by atomic mass is 79.9. The molecule has 1 aliphatic rings. The first-order valence-electron chi connectivity index (χ1n) is 6.09. The Balaban J connectivity index is 1.97. The predicted molar refractivity (Wildman–Crippen MR) is 78.3 cm³/mol. The number of hydrogen-bond acceptors (Lipinski definition) is 4. The molecule has 2 heterocycles. The Morgan fingerprint density at radius 3 is 3.05 bits per heavy atom. The van der Waals surface area contributed by atoms with Crippen molar-refractivity contribution in [2.24, 2.45) is 5.73 Å². The van der Waals surface area contributed by atoms with E-state index in [1.165, 1.54) is 0 Å². The summed E-state index contributed by atoms with van der Waals surface area (Å²) in [6.07, 6.45) is 0.919. The third-order valence-electron chi connectivity index (χ3n) is 3.03. The normalized spacial score (nSPS) is 17.1. The monoisotopic (exact) mass is 333 g/mol. The molecule has 0 spiro atoms. The van der Waals surface area contributed by atoms with E-state index in [0.717, 1.165) is 15.6 Å². The summed E-state index contributed by atoms with van der Waals surface area (Å²) in [5, 5.41) is 2.75. The van der Waals surface area contributed by atoms with E-state index in [2.05, 4.69) is 26.2 Å². The Hall–Kier alpha value is -1.92. The van der Waals surface area contributed by atoms with E-state index in [-0.39, 0.29) is 5.91 Å². The summed E-state index contributed by atoms with van der Waals surface area (Å²) in [6.45, 7) is 0.422.